The maximum Gasteiger partial charge on any atom is 0.342 e. The number of ether oxygens (including phenoxy) is 2. The number of carbonyl (C=O) groups is 3. The van der Waals surface area contributed by atoms with Crippen LogP contribution in [0.3, 0.4) is 0 Å². The van der Waals surface area contributed by atoms with Crippen molar-refractivity contribution in [1.29, 1.82) is 0 Å². The Bertz CT molecular complexity index is 790. The van der Waals surface area contributed by atoms with Crippen LogP contribution in [0.25, 0.3) is 0 Å². The van der Waals surface area contributed by atoms with Crippen molar-refractivity contribution in [2.75, 3.05) is 20.2 Å². The Morgan fingerprint density at radius 1 is 1.19 bits per heavy atom. The van der Waals surface area contributed by atoms with Crippen molar-refractivity contribution in [1.82, 2.24) is 15.6 Å². The first kappa shape index (κ1) is 19.4. The first-order chi connectivity index (χ1) is 12.5. The summed E-state index contributed by atoms with van der Waals surface area (Å²) in [5.74, 6) is -1.27. The lowest BCUT2D eigenvalue weighted by Crippen LogP contribution is -2.37. The molecule has 0 aliphatic rings. The third kappa shape index (κ3) is 5.85. The first-order valence-corrected chi connectivity index (χ1v) is 8.64. The van der Waals surface area contributed by atoms with E-state index in [4.69, 9.17) is 9.47 Å². The van der Waals surface area contributed by atoms with Crippen LogP contribution in [0.5, 0.6) is 5.75 Å². The number of para-hydroxylation sites is 1. The summed E-state index contributed by atoms with van der Waals surface area (Å²) in [5, 5.41) is 7.51. The lowest BCUT2D eigenvalue weighted by Gasteiger charge is -2.10. The number of amides is 2. The van der Waals surface area contributed by atoms with E-state index in [0.29, 0.717) is 5.75 Å². The zero-order valence-electron chi connectivity index (χ0n) is 14.4. The van der Waals surface area contributed by atoms with Crippen LogP contribution in [0.4, 0.5) is 0 Å². The minimum absolute atomic E-state index is 0.181. The third-order valence-corrected chi connectivity index (χ3v) is 4.03. The lowest BCUT2D eigenvalue weighted by molar-refractivity contribution is -0.127. The van der Waals surface area contributed by atoms with Crippen molar-refractivity contribution in [3.63, 3.8) is 0 Å². The molecule has 2 rings (SSSR count). The molecule has 0 aliphatic carbocycles. The molecule has 0 radical (unpaired) electrons. The second-order valence-corrected chi connectivity index (χ2v) is 6.23. The Balaban J connectivity index is 1.90. The summed E-state index contributed by atoms with van der Waals surface area (Å²) in [7, 11) is 1.46. The fraction of sp³-hybridized carbons (Fsp3) is 0.294. The highest BCUT2D eigenvalue weighted by Crippen LogP contribution is 2.20. The van der Waals surface area contributed by atoms with E-state index in [-0.39, 0.29) is 24.6 Å². The Morgan fingerprint density at radius 2 is 1.96 bits per heavy atom. The zero-order valence-corrected chi connectivity index (χ0v) is 15.2. The quantitative estimate of drug-likeness (QED) is 0.666. The molecule has 2 N–H and O–H groups in total. The predicted molar refractivity (Wildman–Crippen MR) is 95.0 cm³/mol. The van der Waals surface area contributed by atoms with Gasteiger partial charge in [-0.3, -0.25) is 9.59 Å². The number of likely N-dealkylation sites (N-methyl/N-ethyl adjacent to an activating group) is 1. The zero-order chi connectivity index (χ0) is 18.9. The monoisotopic (exact) mass is 377 g/mol. The molecule has 0 unspecified atom stereocenters. The van der Waals surface area contributed by atoms with Crippen LogP contribution in [0.15, 0.2) is 29.6 Å². The number of carbonyl (C=O) groups excluding carboxylic acids is 3. The molecule has 1 heterocycles. The summed E-state index contributed by atoms with van der Waals surface area (Å²) >= 11 is 1.51. The molecule has 0 aliphatic heterocycles. The molecule has 0 atom stereocenters. The maximum absolute atomic E-state index is 12.2. The van der Waals surface area contributed by atoms with Gasteiger partial charge in [-0.05, 0) is 19.1 Å². The Morgan fingerprint density at radius 3 is 2.65 bits per heavy atom. The number of nitrogens with one attached hydrogen (secondary N) is 2. The van der Waals surface area contributed by atoms with E-state index in [9.17, 15) is 14.4 Å². The van der Waals surface area contributed by atoms with Crippen molar-refractivity contribution in [2.45, 2.75) is 13.5 Å². The summed E-state index contributed by atoms with van der Waals surface area (Å²) in [4.78, 5) is 39.1. The predicted octanol–water partition coefficient (Wildman–Crippen LogP) is 1.05. The molecular weight excluding hydrogens is 358 g/mol. The van der Waals surface area contributed by atoms with Gasteiger partial charge < -0.3 is 20.1 Å². The molecule has 1 aromatic heterocycles. The molecule has 2 amide bonds. The van der Waals surface area contributed by atoms with Gasteiger partial charge >= 0.3 is 5.97 Å². The van der Waals surface area contributed by atoms with E-state index in [1.165, 1.54) is 18.4 Å². The molecular formula is C17H19N3O5S. The van der Waals surface area contributed by atoms with E-state index in [0.717, 1.165) is 10.7 Å². The molecule has 2 aromatic rings. The van der Waals surface area contributed by atoms with E-state index < -0.39 is 18.5 Å². The average Bonchev–Trinajstić information content (AvgIpc) is 3.07. The van der Waals surface area contributed by atoms with Crippen molar-refractivity contribution in [3.05, 3.63) is 45.9 Å². The Labute approximate surface area is 154 Å². The average molecular weight is 377 g/mol. The molecule has 0 fully saturated rings. The number of rotatable bonds is 8. The summed E-state index contributed by atoms with van der Waals surface area (Å²) in [6.45, 7) is 1.45. The van der Waals surface area contributed by atoms with Gasteiger partial charge in [-0.2, -0.15) is 0 Å². The number of nitrogens with zero attached hydrogens (tertiary/aromatic N) is 1. The largest absolute Gasteiger partial charge is 0.486 e. The summed E-state index contributed by atoms with van der Waals surface area (Å²) in [5.41, 5.74) is 0.975. The standard InChI is InChI=1S/C17H19N3O5S/c1-11-20-12(10-26-11)8-24-14-6-4-3-5-13(14)17(23)25-9-16(22)19-7-15(21)18-2/h3-6,10H,7-9H2,1-2H3,(H,18,21)(H,19,22). The first-order valence-electron chi connectivity index (χ1n) is 7.77. The number of aromatic nitrogens is 1. The summed E-state index contributed by atoms with van der Waals surface area (Å²) in [6, 6.07) is 6.59. The second-order valence-electron chi connectivity index (χ2n) is 5.17. The normalized spacial score (nSPS) is 10.1. The van der Waals surface area contributed by atoms with Crippen LogP contribution >= 0.6 is 11.3 Å². The molecule has 0 bridgehead atoms. The molecule has 8 nitrogen and oxygen atoms in total. The smallest absolute Gasteiger partial charge is 0.342 e. The maximum atomic E-state index is 12.2. The van der Waals surface area contributed by atoms with Crippen LogP contribution < -0.4 is 15.4 Å². The van der Waals surface area contributed by atoms with Gasteiger partial charge in [0.15, 0.2) is 6.61 Å². The van der Waals surface area contributed by atoms with Crippen molar-refractivity contribution in [2.24, 2.45) is 0 Å². The fourth-order valence-corrected chi connectivity index (χ4v) is 2.51. The van der Waals surface area contributed by atoms with Crippen LogP contribution in [-0.2, 0) is 20.9 Å². The van der Waals surface area contributed by atoms with Crippen LogP contribution in [0.2, 0.25) is 0 Å². The Hall–Kier alpha value is -2.94. The van der Waals surface area contributed by atoms with Gasteiger partial charge in [0, 0.05) is 12.4 Å². The lowest BCUT2D eigenvalue weighted by atomic mass is 10.2. The number of aryl methyl sites for hydroxylation is 1. The fourth-order valence-electron chi connectivity index (χ4n) is 1.91. The van der Waals surface area contributed by atoms with Crippen LogP contribution in [0.1, 0.15) is 21.1 Å². The van der Waals surface area contributed by atoms with Crippen molar-refractivity contribution >= 4 is 29.1 Å². The highest BCUT2D eigenvalue weighted by Gasteiger charge is 2.16. The van der Waals surface area contributed by atoms with E-state index in [1.54, 1.807) is 24.3 Å². The van der Waals surface area contributed by atoms with Gasteiger partial charge in [0.1, 0.15) is 17.9 Å². The number of hydrogen-bond donors (Lipinski definition) is 2. The van der Waals surface area contributed by atoms with Gasteiger partial charge in [-0.1, -0.05) is 12.1 Å². The minimum Gasteiger partial charge on any atom is -0.486 e. The molecule has 26 heavy (non-hydrogen) atoms. The number of benzene rings is 1. The number of thiazole rings is 1. The molecule has 0 saturated carbocycles. The highest BCUT2D eigenvalue weighted by atomic mass is 32.1. The van der Waals surface area contributed by atoms with Gasteiger partial charge in [-0.15, -0.1) is 11.3 Å². The van der Waals surface area contributed by atoms with Gasteiger partial charge in [0.25, 0.3) is 5.91 Å². The molecule has 138 valence electrons. The molecule has 0 spiro atoms. The molecule has 1 aromatic carbocycles. The van der Waals surface area contributed by atoms with Crippen molar-refractivity contribution in [3.8, 4) is 5.75 Å². The SMILES string of the molecule is CNC(=O)CNC(=O)COC(=O)c1ccccc1OCc1csc(C)n1. The van der Waals surface area contributed by atoms with Crippen LogP contribution in [0, 0.1) is 6.92 Å². The topological polar surface area (TPSA) is 107 Å². The van der Waals surface area contributed by atoms with E-state index in [2.05, 4.69) is 15.6 Å². The van der Waals surface area contributed by atoms with Gasteiger partial charge in [0.2, 0.25) is 5.91 Å². The third-order valence-electron chi connectivity index (χ3n) is 3.21. The van der Waals surface area contributed by atoms with Crippen molar-refractivity contribution < 1.29 is 23.9 Å². The summed E-state index contributed by atoms with van der Waals surface area (Å²) < 4.78 is 10.6. The highest BCUT2D eigenvalue weighted by molar-refractivity contribution is 7.09. The van der Waals surface area contributed by atoms with Crippen LogP contribution in [-0.4, -0.2) is 43.0 Å². The number of hydrogen-bond acceptors (Lipinski definition) is 7. The molecule has 9 heteroatoms. The van der Waals surface area contributed by atoms with Gasteiger partial charge in [0.05, 0.1) is 17.2 Å². The summed E-state index contributed by atoms with van der Waals surface area (Å²) in [6.07, 6.45) is 0. The van der Waals surface area contributed by atoms with E-state index in [1.807, 2.05) is 12.3 Å². The van der Waals surface area contributed by atoms with E-state index >= 15 is 0 Å². The number of esters is 1. The minimum atomic E-state index is -0.690. The Kier molecular flexibility index (Phi) is 7.10. The van der Waals surface area contributed by atoms with Gasteiger partial charge in [-0.25, -0.2) is 9.78 Å². The molecule has 0 saturated heterocycles. The second kappa shape index (κ2) is 9.52.